The molecule has 1 amide bonds. The molecule has 1 aromatic carbocycles. The summed E-state index contributed by atoms with van der Waals surface area (Å²) in [4.78, 5) is 24.4. The Balaban J connectivity index is 1.71. The highest BCUT2D eigenvalue weighted by molar-refractivity contribution is 6.31. The Labute approximate surface area is 185 Å². The first-order chi connectivity index (χ1) is 14.7. The number of ether oxygens (including phenoxy) is 2. The lowest BCUT2D eigenvalue weighted by atomic mass is 10.0. The average molecular weight is 446 g/mol. The summed E-state index contributed by atoms with van der Waals surface area (Å²) in [5.74, 6) is 0.339. The molecular weight excluding hydrogens is 422 g/mol. The molecule has 8 nitrogen and oxygen atoms in total. The molecule has 0 atom stereocenters. The number of rotatable bonds is 7. The maximum atomic E-state index is 12.6. The molecule has 2 aromatic heterocycles. The Kier molecular flexibility index (Phi) is 6.70. The average Bonchev–Trinajstić information content (AvgIpc) is 3.34. The number of carbonyl (C=O) groups is 2. The highest BCUT2D eigenvalue weighted by Crippen LogP contribution is 2.32. The highest BCUT2D eigenvalue weighted by Gasteiger charge is 2.21. The Hall–Kier alpha value is -3.26. The fourth-order valence-electron chi connectivity index (χ4n) is 2.98. The standard InChI is InChI=1S/C22H24ClN3O5/c1-12(2)15-9-16(23)13(3)8-19(15)30-11-14-6-7-18(31-14)21(27)24-17-10-26(4)25-20(17)22(28)29-5/h6-10,12H,11H2,1-5H3,(H,24,27). The van der Waals surface area contributed by atoms with Crippen LogP contribution in [0.4, 0.5) is 5.69 Å². The lowest BCUT2D eigenvalue weighted by Crippen LogP contribution is -2.14. The molecule has 1 N–H and O–H groups in total. The quantitative estimate of drug-likeness (QED) is 0.529. The topological polar surface area (TPSA) is 95.6 Å². The first-order valence-corrected chi connectivity index (χ1v) is 10.0. The van der Waals surface area contributed by atoms with Crippen LogP contribution in [0.15, 0.2) is 34.9 Å². The van der Waals surface area contributed by atoms with Crippen LogP contribution < -0.4 is 10.1 Å². The largest absolute Gasteiger partial charge is 0.485 e. The molecule has 0 saturated carbocycles. The fraction of sp³-hybridized carbons (Fsp3) is 0.318. The van der Waals surface area contributed by atoms with E-state index in [2.05, 4.69) is 29.0 Å². The molecule has 0 radical (unpaired) electrons. The summed E-state index contributed by atoms with van der Waals surface area (Å²) in [6.07, 6.45) is 1.51. The highest BCUT2D eigenvalue weighted by atomic mass is 35.5. The molecule has 0 fully saturated rings. The Bertz CT molecular complexity index is 1120. The van der Waals surface area contributed by atoms with E-state index in [-0.39, 0.29) is 29.7 Å². The molecule has 0 unspecified atom stereocenters. The number of carbonyl (C=O) groups excluding carboxylic acids is 2. The molecule has 164 valence electrons. The molecule has 9 heteroatoms. The van der Waals surface area contributed by atoms with E-state index in [0.717, 1.165) is 16.9 Å². The molecule has 0 aliphatic rings. The molecular formula is C22H24ClN3O5. The van der Waals surface area contributed by atoms with Gasteiger partial charge in [0.05, 0.1) is 12.8 Å². The van der Waals surface area contributed by atoms with Crippen LogP contribution in [0, 0.1) is 6.92 Å². The Morgan fingerprint density at radius 1 is 1.29 bits per heavy atom. The minimum atomic E-state index is -0.649. The van der Waals surface area contributed by atoms with E-state index >= 15 is 0 Å². The van der Waals surface area contributed by atoms with Crippen molar-refractivity contribution in [2.45, 2.75) is 33.3 Å². The van der Waals surface area contributed by atoms with Crippen LogP contribution in [-0.4, -0.2) is 28.8 Å². The number of nitrogens with one attached hydrogen (secondary N) is 1. The molecule has 3 aromatic rings. The smallest absolute Gasteiger partial charge is 0.360 e. The fourth-order valence-corrected chi connectivity index (χ4v) is 3.16. The van der Waals surface area contributed by atoms with Gasteiger partial charge in [0.1, 0.15) is 18.1 Å². The molecule has 0 saturated heterocycles. The third kappa shape index (κ3) is 5.08. The van der Waals surface area contributed by atoms with Crippen molar-refractivity contribution < 1.29 is 23.5 Å². The number of hydrogen-bond donors (Lipinski definition) is 1. The van der Waals surface area contributed by atoms with E-state index in [0.29, 0.717) is 10.8 Å². The van der Waals surface area contributed by atoms with Gasteiger partial charge in [-0.1, -0.05) is 25.4 Å². The number of furan rings is 1. The Morgan fingerprint density at radius 2 is 2.03 bits per heavy atom. The minimum absolute atomic E-state index is 0.00721. The van der Waals surface area contributed by atoms with Crippen molar-refractivity contribution in [3.05, 3.63) is 63.8 Å². The molecule has 0 bridgehead atoms. The van der Waals surface area contributed by atoms with E-state index in [9.17, 15) is 9.59 Å². The van der Waals surface area contributed by atoms with Gasteiger partial charge in [0, 0.05) is 18.3 Å². The van der Waals surface area contributed by atoms with Crippen LogP contribution in [0.5, 0.6) is 5.75 Å². The lowest BCUT2D eigenvalue weighted by Gasteiger charge is -2.15. The number of aryl methyl sites for hydroxylation is 2. The number of nitrogens with zero attached hydrogens (tertiary/aromatic N) is 2. The zero-order valence-corrected chi connectivity index (χ0v) is 18.7. The van der Waals surface area contributed by atoms with E-state index in [1.807, 2.05) is 19.1 Å². The number of aromatic nitrogens is 2. The van der Waals surface area contributed by atoms with Crippen molar-refractivity contribution in [3.63, 3.8) is 0 Å². The van der Waals surface area contributed by atoms with E-state index in [4.69, 9.17) is 20.8 Å². The van der Waals surface area contributed by atoms with Crippen molar-refractivity contribution in [3.8, 4) is 5.75 Å². The van der Waals surface area contributed by atoms with E-state index < -0.39 is 11.9 Å². The number of hydrogen-bond acceptors (Lipinski definition) is 6. The van der Waals surface area contributed by atoms with Crippen molar-refractivity contribution in [1.29, 1.82) is 0 Å². The SMILES string of the molecule is COC(=O)c1nn(C)cc1NC(=O)c1ccc(COc2cc(C)c(Cl)cc2C(C)C)o1. The second-order valence-corrected chi connectivity index (χ2v) is 7.77. The number of esters is 1. The third-order valence-corrected chi connectivity index (χ3v) is 5.03. The molecule has 0 aliphatic carbocycles. The monoisotopic (exact) mass is 445 g/mol. The van der Waals surface area contributed by atoms with Crippen LogP contribution in [0.1, 0.15) is 57.7 Å². The van der Waals surface area contributed by atoms with Gasteiger partial charge < -0.3 is 19.2 Å². The first kappa shape index (κ1) is 22.4. The predicted octanol–water partition coefficient (Wildman–Crippen LogP) is 4.72. The number of amides is 1. The molecule has 31 heavy (non-hydrogen) atoms. The Morgan fingerprint density at radius 3 is 2.71 bits per heavy atom. The van der Waals surface area contributed by atoms with Crippen molar-refractivity contribution in [2.75, 3.05) is 12.4 Å². The maximum Gasteiger partial charge on any atom is 0.360 e. The van der Waals surface area contributed by atoms with Gasteiger partial charge in [0.2, 0.25) is 0 Å². The van der Waals surface area contributed by atoms with Gasteiger partial charge >= 0.3 is 5.97 Å². The minimum Gasteiger partial charge on any atom is -0.485 e. The summed E-state index contributed by atoms with van der Waals surface area (Å²) in [7, 11) is 2.88. The van der Waals surface area contributed by atoms with Crippen molar-refractivity contribution in [2.24, 2.45) is 7.05 Å². The van der Waals surface area contributed by atoms with Gasteiger partial charge in [0.15, 0.2) is 11.5 Å². The second-order valence-electron chi connectivity index (χ2n) is 7.36. The maximum absolute atomic E-state index is 12.6. The van der Waals surface area contributed by atoms with Gasteiger partial charge in [0.25, 0.3) is 5.91 Å². The number of benzene rings is 1. The van der Waals surface area contributed by atoms with Crippen molar-refractivity contribution >= 4 is 29.2 Å². The first-order valence-electron chi connectivity index (χ1n) is 9.64. The van der Waals surface area contributed by atoms with Crippen LogP contribution in [0.3, 0.4) is 0 Å². The zero-order chi connectivity index (χ0) is 22.7. The second kappa shape index (κ2) is 9.26. The van der Waals surface area contributed by atoms with Crippen LogP contribution in [-0.2, 0) is 18.4 Å². The lowest BCUT2D eigenvalue weighted by molar-refractivity contribution is 0.0594. The normalized spacial score (nSPS) is 10.9. The van der Waals surface area contributed by atoms with E-state index in [1.54, 1.807) is 19.2 Å². The van der Waals surface area contributed by atoms with Gasteiger partial charge in [-0.15, -0.1) is 0 Å². The van der Waals surface area contributed by atoms with Gasteiger partial charge in [-0.2, -0.15) is 5.10 Å². The summed E-state index contributed by atoms with van der Waals surface area (Å²) in [6, 6.07) is 7.01. The van der Waals surface area contributed by atoms with Crippen LogP contribution >= 0.6 is 11.6 Å². The van der Waals surface area contributed by atoms with Crippen molar-refractivity contribution in [1.82, 2.24) is 9.78 Å². The van der Waals surface area contributed by atoms with Crippen LogP contribution in [0.2, 0.25) is 5.02 Å². The molecule has 0 aliphatic heterocycles. The number of anilines is 1. The van der Waals surface area contributed by atoms with E-state index in [1.165, 1.54) is 18.0 Å². The number of methoxy groups -OCH3 is 1. The summed E-state index contributed by atoms with van der Waals surface area (Å²) < 4.78 is 17.7. The summed E-state index contributed by atoms with van der Waals surface area (Å²) in [6.45, 7) is 6.18. The number of halogens is 1. The van der Waals surface area contributed by atoms with Gasteiger partial charge in [-0.25, -0.2) is 4.79 Å². The molecule has 0 spiro atoms. The summed E-state index contributed by atoms with van der Waals surface area (Å²) >= 11 is 6.24. The summed E-state index contributed by atoms with van der Waals surface area (Å²) in [5, 5.41) is 7.30. The molecule has 3 rings (SSSR count). The van der Waals surface area contributed by atoms with Crippen LogP contribution in [0.25, 0.3) is 0 Å². The predicted molar refractivity (Wildman–Crippen MR) is 116 cm³/mol. The molecule has 2 heterocycles. The van der Waals surface area contributed by atoms with Gasteiger partial charge in [-0.3, -0.25) is 9.48 Å². The van der Waals surface area contributed by atoms with Gasteiger partial charge in [-0.05, 0) is 48.2 Å². The third-order valence-electron chi connectivity index (χ3n) is 4.62. The summed E-state index contributed by atoms with van der Waals surface area (Å²) in [5.41, 5.74) is 2.14. The zero-order valence-electron chi connectivity index (χ0n) is 18.0.